The van der Waals surface area contributed by atoms with Gasteiger partial charge >= 0.3 is 0 Å². The van der Waals surface area contributed by atoms with Crippen LogP contribution in [0.4, 0.5) is 0 Å². The molecule has 1 aromatic carbocycles. The van der Waals surface area contributed by atoms with Crippen LogP contribution in [0.15, 0.2) is 47.8 Å². The van der Waals surface area contributed by atoms with Crippen LogP contribution in [-0.4, -0.2) is 10.9 Å². The number of benzene rings is 1. The first-order chi connectivity index (χ1) is 9.74. The Morgan fingerprint density at radius 3 is 2.90 bits per heavy atom. The maximum Gasteiger partial charge on any atom is 0.254 e. The van der Waals surface area contributed by atoms with Gasteiger partial charge in [0.1, 0.15) is 5.15 Å². The highest BCUT2D eigenvalue weighted by Crippen LogP contribution is 2.20. The maximum absolute atomic E-state index is 12.2. The van der Waals surface area contributed by atoms with E-state index >= 15 is 0 Å². The largest absolute Gasteiger partial charge is 0.347 e. The standard InChI is InChI=1S/C15H11ClN2OS/c16-14-12(8-10-4-1-2-6-13(10)18-14)15(19)17-9-11-5-3-7-20-11/h1-8H,9H2,(H,17,19). The molecule has 1 amide bonds. The predicted molar refractivity (Wildman–Crippen MR) is 82.2 cm³/mol. The smallest absolute Gasteiger partial charge is 0.254 e. The number of nitrogens with zero attached hydrogens (tertiary/aromatic N) is 1. The zero-order valence-electron chi connectivity index (χ0n) is 10.5. The van der Waals surface area contributed by atoms with Crippen molar-refractivity contribution < 1.29 is 4.79 Å². The number of thiophene rings is 1. The second kappa shape index (κ2) is 5.61. The van der Waals surface area contributed by atoms with Gasteiger partial charge in [0.05, 0.1) is 17.6 Å². The van der Waals surface area contributed by atoms with Gasteiger partial charge in [-0.2, -0.15) is 0 Å². The molecule has 0 saturated heterocycles. The minimum atomic E-state index is -0.207. The molecule has 0 radical (unpaired) electrons. The van der Waals surface area contributed by atoms with Crippen molar-refractivity contribution in [2.75, 3.05) is 0 Å². The number of pyridine rings is 1. The summed E-state index contributed by atoms with van der Waals surface area (Å²) in [7, 11) is 0. The van der Waals surface area contributed by atoms with Gasteiger partial charge in [-0.1, -0.05) is 35.9 Å². The average molecular weight is 303 g/mol. The molecule has 1 N–H and O–H groups in total. The van der Waals surface area contributed by atoms with Crippen molar-refractivity contribution in [1.29, 1.82) is 0 Å². The molecular formula is C15H11ClN2OS. The molecule has 20 heavy (non-hydrogen) atoms. The Bertz CT molecular complexity index is 756. The summed E-state index contributed by atoms with van der Waals surface area (Å²) >= 11 is 7.69. The Labute approximate surface area is 125 Å². The van der Waals surface area contributed by atoms with Crippen molar-refractivity contribution in [3.8, 4) is 0 Å². The summed E-state index contributed by atoms with van der Waals surface area (Å²) < 4.78 is 0. The molecule has 0 unspecified atom stereocenters. The van der Waals surface area contributed by atoms with Gasteiger partial charge in [0, 0.05) is 10.3 Å². The summed E-state index contributed by atoms with van der Waals surface area (Å²) in [5.74, 6) is -0.207. The first-order valence-corrected chi connectivity index (χ1v) is 7.35. The predicted octanol–water partition coefficient (Wildman–Crippen LogP) is 3.88. The third kappa shape index (κ3) is 2.66. The Hall–Kier alpha value is -1.91. The number of hydrogen-bond donors (Lipinski definition) is 1. The molecule has 5 heteroatoms. The van der Waals surface area contributed by atoms with Gasteiger partial charge in [-0.3, -0.25) is 4.79 Å². The number of nitrogens with one attached hydrogen (secondary N) is 1. The normalized spacial score (nSPS) is 10.7. The van der Waals surface area contributed by atoms with Crippen molar-refractivity contribution in [3.05, 3.63) is 63.4 Å². The first-order valence-electron chi connectivity index (χ1n) is 6.10. The number of para-hydroxylation sites is 1. The summed E-state index contributed by atoms with van der Waals surface area (Å²) in [4.78, 5) is 17.5. The van der Waals surface area contributed by atoms with E-state index in [4.69, 9.17) is 11.6 Å². The molecule has 0 bridgehead atoms. The number of halogens is 1. The number of hydrogen-bond acceptors (Lipinski definition) is 3. The molecule has 0 saturated carbocycles. The van der Waals surface area contributed by atoms with Crippen molar-refractivity contribution in [1.82, 2.24) is 10.3 Å². The quantitative estimate of drug-likeness (QED) is 0.746. The molecule has 2 heterocycles. The Morgan fingerprint density at radius 2 is 2.10 bits per heavy atom. The Balaban J connectivity index is 1.85. The number of amides is 1. The lowest BCUT2D eigenvalue weighted by molar-refractivity contribution is 0.0951. The van der Waals surface area contributed by atoms with Gasteiger partial charge in [-0.15, -0.1) is 11.3 Å². The van der Waals surface area contributed by atoms with Crippen LogP contribution in [0.2, 0.25) is 5.15 Å². The highest BCUT2D eigenvalue weighted by molar-refractivity contribution is 7.09. The monoisotopic (exact) mass is 302 g/mol. The summed E-state index contributed by atoms with van der Waals surface area (Å²) in [6.07, 6.45) is 0. The maximum atomic E-state index is 12.2. The molecular weight excluding hydrogens is 292 g/mol. The number of fused-ring (bicyclic) bond motifs is 1. The molecule has 0 atom stereocenters. The molecule has 0 fully saturated rings. The molecule has 0 aliphatic rings. The van der Waals surface area contributed by atoms with Gasteiger partial charge in [0.25, 0.3) is 5.91 Å². The fraction of sp³-hybridized carbons (Fsp3) is 0.0667. The lowest BCUT2D eigenvalue weighted by Crippen LogP contribution is -2.22. The van der Waals surface area contributed by atoms with Crippen LogP contribution in [0.5, 0.6) is 0 Å². The molecule has 0 spiro atoms. The van der Waals surface area contributed by atoms with Crippen molar-refractivity contribution in [2.24, 2.45) is 0 Å². The Morgan fingerprint density at radius 1 is 1.25 bits per heavy atom. The average Bonchev–Trinajstić information content (AvgIpc) is 2.97. The fourth-order valence-corrected chi connectivity index (χ4v) is 2.80. The van der Waals surface area contributed by atoms with E-state index in [1.54, 1.807) is 17.4 Å². The van der Waals surface area contributed by atoms with E-state index in [-0.39, 0.29) is 11.1 Å². The van der Waals surface area contributed by atoms with Gasteiger partial charge in [0.15, 0.2) is 0 Å². The van der Waals surface area contributed by atoms with E-state index in [0.29, 0.717) is 12.1 Å². The van der Waals surface area contributed by atoms with E-state index in [0.717, 1.165) is 15.8 Å². The van der Waals surface area contributed by atoms with E-state index in [2.05, 4.69) is 10.3 Å². The second-order valence-electron chi connectivity index (χ2n) is 4.28. The second-order valence-corrected chi connectivity index (χ2v) is 5.67. The highest BCUT2D eigenvalue weighted by atomic mass is 35.5. The molecule has 0 aliphatic carbocycles. The minimum Gasteiger partial charge on any atom is -0.347 e. The van der Waals surface area contributed by atoms with E-state index in [1.165, 1.54) is 0 Å². The van der Waals surface area contributed by atoms with E-state index in [1.807, 2.05) is 41.8 Å². The van der Waals surface area contributed by atoms with Gasteiger partial charge in [-0.25, -0.2) is 4.98 Å². The van der Waals surface area contributed by atoms with Crippen LogP contribution >= 0.6 is 22.9 Å². The van der Waals surface area contributed by atoms with Crippen LogP contribution in [-0.2, 0) is 6.54 Å². The summed E-state index contributed by atoms with van der Waals surface area (Å²) in [6.45, 7) is 0.500. The van der Waals surface area contributed by atoms with Crippen molar-refractivity contribution in [3.63, 3.8) is 0 Å². The zero-order valence-corrected chi connectivity index (χ0v) is 12.0. The van der Waals surface area contributed by atoms with Crippen LogP contribution in [0.1, 0.15) is 15.2 Å². The highest BCUT2D eigenvalue weighted by Gasteiger charge is 2.12. The minimum absolute atomic E-state index is 0.207. The first kappa shape index (κ1) is 13.1. The van der Waals surface area contributed by atoms with Gasteiger partial charge in [-0.05, 0) is 23.6 Å². The van der Waals surface area contributed by atoms with Crippen LogP contribution in [0.25, 0.3) is 10.9 Å². The topological polar surface area (TPSA) is 42.0 Å². The van der Waals surface area contributed by atoms with E-state index in [9.17, 15) is 4.79 Å². The third-order valence-corrected chi connectivity index (χ3v) is 4.09. The molecule has 2 aromatic heterocycles. The molecule has 100 valence electrons. The van der Waals surface area contributed by atoms with Gasteiger partial charge in [0.2, 0.25) is 0 Å². The van der Waals surface area contributed by atoms with Crippen molar-refractivity contribution in [2.45, 2.75) is 6.54 Å². The summed E-state index contributed by atoms with van der Waals surface area (Å²) in [5.41, 5.74) is 1.19. The van der Waals surface area contributed by atoms with Gasteiger partial charge < -0.3 is 5.32 Å². The SMILES string of the molecule is O=C(NCc1cccs1)c1cc2ccccc2nc1Cl. The zero-order chi connectivity index (χ0) is 13.9. The molecule has 3 nitrogen and oxygen atoms in total. The Kier molecular flexibility index (Phi) is 3.67. The molecule has 3 aromatic rings. The fourth-order valence-electron chi connectivity index (χ4n) is 1.93. The van der Waals surface area contributed by atoms with Crippen LogP contribution in [0.3, 0.4) is 0 Å². The van der Waals surface area contributed by atoms with E-state index < -0.39 is 0 Å². The number of carbonyl (C=O) groups excluding carboxylic acids is 1. The number of aromatic nitrogens is 1. The lowest BCUT2D eigenvalue weighted by Gasteiger charge is -2.07. The molecule has 3 rings (SSSR count). The summed E-state index contributed by atoms with van der Waals surface area (Å²) in [6, 6.07) is 13.3. The number of carbonyl (C=O) groups is 1. The number of rotatable bonds is 3. The summed E-state index contributed by atoms with van der Waals surface area (Å²) in [5, 5.41) is 5.96. The third-order valence-electron chi connectivity index (χ3n) is 2.93. The van der Waals surface area contributed by atoms with Crippen molar-refractivity contribution >= 4 is 39.7 Å². The van der Waals surface area contributed by atoms with Crippen LogP contribution in [0, 0.1) is 0 Å². The lowest BCUT2D eigenvalue weighted by atomic mass is 10.1. The van der Waals surface area contributed by atoms with Crippen LogP contribution < -0.4 is 5.32 Å². The molecule has 0 aliphatic heterocycles.